The maximum atomic E-state index is 12.1. The van der Waals surface area contributed by atoms with E-state index in [9.17, 15) is 4.79 Å². The molecule has 0 unspecified atom stereocenters. The van der Waals surface area contributed by atoms with Crippen LogP contribution in [0, 0.1) is 0 Å². The zero-order valence-electron chi connectivity index (χ0n) is 16.6. The number of benzene rings is 3. The van der Waals surface area contributed by atoms with E-state index in [4.69, 9.17) is 22.2 Å². The van der Waals surface area contributed by atoms with Gasteiger partial charge in [-0.1, -0.05) is 96.2 Å². The summed E-state index contributed by atoms with van der Waals surface area (Å²) in [6.45, 7) is 0. The molecule has 6 nitrogen and oxygen atoms in total. The number of anilines is 1. The van der Waals surface area contributed by atoms with E-state index in [-0.39, 0.29) is 29.1 Å². The molecule has 32 heavy (non-hydrogen) atoms. The van der Waals surface area contributed by atoms with Gasteiger partial charge < -0.3 is 10.6 Å². The van der Waals surface area contributed by atoms with Gasteiger partial charge in [-0.2, -0.15) is 9.36 Å². The van der Waals surface area contributed by atoms with Gasteiger partial charge in [0.25, 0.3) is 5.24 Å². The summed E-state index contributed by atoms with van der Waals surface area (Å²) in [4.78, 5) is 22.4. The van der Waals surface area contributed by atoms with Crippen LogP contribution in [0.25, 0.3) is 0 Å². The highest BCUT2D eigenvalue weighted by atomic mass is 35.5. The lowest BCUT2D eigenvalue weighted by atomic mass is 9.80. The second-order valence-electron chi connectivity index (χ2n) is 6.54. The Morgan fingerprint density at radius 1 is 0.875 bits per heavy atom. The molecule has 0 bridgehead atoms. The molecule has 0 spiro atoms. The Balaban J connectivity index is 0.00000289. The normalized spacial score (nSPS) is 11.5. The average Bonchev–Trinajstić information content (AvgIpc) is 3.24. The van der Waals surface area contributed by atoms with Crippen LogP contribution in [0.3, 0.4) is 0 Å². The lowest BCUT2D eigenvalue weighted by molar-refractivity contribution is -0.106. The molecule has 0 fully saturated rings. The standard InChI is InChI=1S/C23H17ClN4O2S.ClH/c24-20(29)19(21-26-22(25)31-28-21)27-30-23(16-10-4-1-5-11-16,17-12-6-2-7-13-17)18-14-8-3-9-15-18;/h1-15H,(H2,25,26,28);1H/b27-19+;. The van der Waals surface area contributed by atoms with E-state index in [1.54, 1.807) is 0 Å². The zero-order valence-corrected chi connectivity index (χ0v) is 19.0. The van der Waals surface area contributed by atoms with Gasteiger partial charge in [0.1, 0.15) is 0 Å². The second kappa shape index (κ2) is 10.4. The van der Waals surface area contributed by atoms with Crippen molar-refractivity contribution in [3.05, 3.63) is 114 Å². The molecular formula is C23H18Cl2N4O2S. The third kappa shape index (κ3) is 4.65. The summed E-state index contributed by atoms with van der Waals surface area (Å²) >= 11 is 6.73. The first-order chi connectivity index (χ1) is 15.1. The van der Waals surface area contributed by atoms with Crippen molar-refractivity contribution in [1.82, 2.24) is 9.36 Å². The summed E-state index contributed by atoms with van der Waals surface area (Å²) in [7, 11) is 0. The van der Waals surface area contributed by atoms with Crippen molar-refractivity contribution in [1.29, 1.82) is 0 Å². The van der Waals surface area contributed by atoms with E-state index >= 15 is 0 Å². The number of nitrogens with two attached hydrogens (primary N) is 1. The van der Waals surface area contributed by atoms with Gasteiger partial charge in [-0.15, -0.1) is 12.4 Å². The van der Waals surface area contributed by atoms with E-state index in [2.05, 4.69) is 14.5 Å². The van der Waals surface area contributed by atoms with Crippen LogP contribution in [0.4, 0.5) is 5.13 Å². The van der Waals surface area contributed by atoms with E-state index in [0.717, 1.165) is 28.2 Å². The Labute approximate surface area is 200 Å². The quantitative estimate of drug-likeness (QED) is 0.172. The molecule has 0 aliphatic rings. The van der Waals surface area contributed by atoms with E-state index in [1.165, 1.54) is 0 Å². The first kappa shape index (κ1) is 23.4. The summed E-state index contributed by atoms with van der Waals surface area (Å²) in [5.74, 6) is 0.0191. The number of aromatic nitrogens is 2. The monoisotopic (exact) mass is 484 g/mol. The SMILES string of the molecule is Cl.Nc1nc(/C(=N/OC(c2ccccc2)(c2ccccc2)c2ccccc2)C(=O)Cl)ns1. The fourth-order valence-corrected chi connectivity index (χ4v) is 3.84. The topological polar surface area (TPSA) is 90.5 Å². The van der Waals surface area contributed by atoms with Crippen molar-refractivity contribution in [3.63, 3.8) is 0 Å². The van der Waals surface area contributed by atoms with Crippen LogP contribution < -0.4 is 5.73 Å². The van der Waals surface area contributed by atoms with Crippen LogP contribution in [-0.2, 0) is 15.2 Å². The van der Waals surface area contributed by atoms with Gasteiger partial charge in [0, 0.05) is 28.2 Å². The number of carbonyl (C=O) groups is 1. The Hall–Kier alpha value is -3.26. The van der Waals surface area contributed by atoms with Gasteiger partial charge in [0.15, 0.2) is 5.13 Å². The number of oxime groups is 1. The van der Waals surface area contributed by atoms with Crippen LogP contribution in [0.15, 0.2) is 96.2 Å². The van der Waals surface area contributed by atoms with Gasteiger partial charge in [-0.25, -0.2) is 0 Å². The highest BCUT2D eigenvalue weighted by molar-refractivity contribution is 7.09. The van der Waals surface area contributed by atoms with E-state index < -0.39 is 10.8 Å². The summed E-state index contributed by atoms with van der Waals surface area (Å²) in [5.41, 5.74) is 6.76. The molecule has 0 saturated heterocycles. The molecule has 9 heteroatoms. The van der Waals surface area contributed by atoms with Crippen molar-refractivity contribution in [2.75, 3.05) is 5.73 Å². The lowest BCUT2D eigenvalue weighted by Gasteiger charge is -2.33. The molecule has 3 aromatic carbocycles. The van der Waals surface area contributed by atoms with Gasteiger partial charge in [0.2, 0.25) is 17.1 Å². The third-order valence-corrected chi connectivity index (χ3v) is 5.38. The van der Waals surface area contributed by atoms with Gasteiger partial charge in [0.05, 0.1) is 0 Å². The van der Waals surface area contributed by atoms with Crippen molar-refractivity contribution in [2.24, 2.45) is 5.16 Å². The molecule has 1 aromatic heterocycles. The van der Waals surface area contributed by atoms with Crippen molar-refractivity contribution >= 4 is 51.6 Å². The number of hydrogen-bond acceptors (Lipinski definition) is 7. The Bertz CT molecular complexity index is 1110. The Morgan fingerprint density at radius 3 is 1.66 bits per heavy atom. The van der Waals surface area contributed by atoms with Crippen LogP contribution in [0.1, 0.15) is 22.5 Å². The number of halogens is 2. The first-order valence-electron chi connectivity index (χ1n) is 9.33. The molecule has 4 rings (SSSR count). The molecule has 0 atom stereocenters. The molecule has 0 saturated carbocycles. The Kier molecular flexibility index (Phi) is 7.58. The second-order valence-corrected chi connectivity index (χ2v) is 7.67. The molecule has 162 valence electrons. The Morgan fingerprint density at radius 2 is 1.31 bits per heavy atom. The number of rotatable bonds is 7. The summed E-state index contributed by atoms with van der Waals surface area (Å²) in [6, 6.07) is 28.9. The molecule has 0 amide bonds. The molecular weight excluding hydrogens is 467 g/mol. The molecule has 4 aromatic rings. The minimum Gasteiger partial charge on any atom is -0.374 e. The minimum atomic E-state index is -1.15. The number of nitrogens with zero attached hydrogens (tertiary/aromatic N) is 3. The summed E-state index contributed by atoms with van der Waals surface area (Å²) in [5, 5.41) is 3.52. The van der Waals surface area contributed by atoms with Crippen LogP contribution in [0.2, 0.25) is 0 Å². The fraction of sp³-hybridized carbons (Fsp3) is 0.0435. The third-order valence-electron chi connectivity index (χ3n) is 4.65. The van der Waals surface area contributed by atoms with Crippen molar-refractivity contribution in [2.45, 2.75) is 5.60 Å². The van der Waals surface area contributed by atoms with Gasteiger partial charge in [-0.3, -0.25) is 4.79 Å². The predicted octanol–water partition coefficient (Wildman–Crippen LogP) is 5.02. The van der Waals surface area contributed by atoms with E-state index in [0.29, 0.717) is 0 Å². The van der Waals surface area contributed by atoms with Gasteiger partial charge in [-0.05, 0) is 11.6 Å². The van der Waals surface area contributed by atoms with Crippen molar-refractivity contribution < 1.29 is 9.63 Å². The lowest BCUT2D eigenvalue weighted by Crippen LogP contribution is -2.32. The van der Waals surface area contributed by atoms with Crippen LogP contribution >= 0.6 is 35.5 Å². The highest BCUT2D eigenvalue weighted by Gasteiger charge is 2.40. The maximum absolute atomic E-state index is 12.1. The molecule has 0 aliphatic heterocycles. The fourth-order valence-electron chi connectivity index (χ4n) is 3.29. The number of hydrogen-bond donors (Lipinski definition) is 1. The smallest absolute Gasteiger partial charge is 0.278 e. The maximum Gasteiger partial charge on any atom is 0.278 e. The predicted molar refractivity (Wildman–Crippen MR) is 129 cm³/mol. The first-order valence-corrected chi connectivity index (χ1v) is 10.5. The highest BCUT2D eigenvalue weighted by Crippen LogP contribution is 2.40. The average molecular weight is 485 g/mol. The largest absolute Gasteiger partial charge is 0.374 e. The molecule has 0 radical (unpaired) electrons. The number of nitrogen functional groups attached to an aromatic ring is 1. The van der Waals surface area contributed by atoms with Crippen molar-refractivity contribution in [3.8, 4) is 0 Å². The van der Waals surface area contributed by atoms with E-state index in [1.807, 2.05) is 91.0 Å². The minimum absolute atomic E-state index is 0. The zero-order chi connectivity index (χ0) is 21.7. The molecule has 0 aliphatic carbocycles. The molecule has 1 heterocycles. The number of carbonyl (C=O) groups excluding carboxylic acids is 1. The van der Waals surface area contributed by atoms with Crippen LogP contribution in [0.5, 0.6) is 0 Å². The van der Waals surface area contributed by atoms with Crippen LogP contribution in [-0.4, -0.2) is 20.3 Å². The summed E-state index contributed by atoms with van der Waals surface area (Å²) in [6.07, 6.45) is 0. The summed E-state index contributed by atoms with van der Waals surface area (Å²) < 4.78 is 4.05. The van der Waals surface area contributed by atoms with Gasteiger partial charge >= 0.3 is 0 Å². The molecule has 2 N–H and O–H groups in total.